The highest BCUT2D eigenvalue weighted by atomic mass is 35.5. The first-order chi connectivity index (χ1) is 6.73. The van der Waals surface area contributed by atoms with Crippen LogP contribution in [0.2, 0.25) is 10.2 Å². The van der Waals surface area contributed by atoms with Crippen LogP contribution in [-0.4, -0.2) is 4.98 Å². The zero-order chi connectivity index (χ0) is 11.8. The van der Waals surface area contributed by atoms with E-state index in [-0.39, 0.29) is 6.07 Å². The van der Waals surface area contributed by atoms with Crippen LogP contribution in [0.25, 0.3) is 0 Å². The Labute approximate surface area is 90.8 Å². The van der Waals surface area contributed by atoms with Crippen LogP contribution in [0.3, 0.4) is 0 Å². The lowest BCUT2D eigenvalue weighted by Crippen LogP contribution is -2.09. The SMILES string of the molecule is FC(F)c1cc(C(F)(F)F)nc(Cl)c1Cl. The maximum absolute atomic E-state index is 12.2. The Bertz CT molecular complexity index is 376. The number of hydrogen-bond acceptors (Lipinski definition) is 1. The summed E-state index contributed by atoms with van der Waals surface area (Å²) in [5.74, 6) is 0. The standard InChI is InChI=1S/C7H2Cl2F5N/c8-4-2(6(10)11)1-3(7(12,13)14)15-5(4)9/h1,6H. The second-order valence-corrected chi connectivity index (χ2v) is 3.24. The predicted octanol–water partition coefficient (Wildman–Crippen LogP) is 4.34. The molecule has 0 N–H and O–H groups in total. The van der Waals surface area contributed by atoms with Gasteiger partial charge < -0.3 is 0 Å². The van der Waals surface area contributed by atoms with Crippen molar-refractivity contribution in [2.24, 2.45) is 0 Å². The Kier molecular flexibility index (Phi) is 3.40. The van der Waals surface area contributed by atoms with E-state index in [1.54, 1.807) is 0 Å². The van der Waals surface area contributed by atoms with Crippen molar-refractivity contribution < 1.29 is 22.0 Å². The van der Waals surface area contributed by atoms with Gasteiger partial charge in [0.2, 0.25) is 0 Å². The molecule has 1 rings (SSSR count). The Morgan fingerprint density at radius 2 is 1.73 bits per heavy atom. The van der Waals surface area contributed by atoms with Gasteiger partial charge in [0.25, 0.3) is 6.43 Å². The van der Waals surface area contributed by atoms with Crippen LogP contribution in [0.5, 0.6) is 0 Å². The first-order valence-corrected chi connectivity index (χ1v) is 4.20. The molecule has 0 atom stereocenters. The minimum atomic E-state index is -4.84. The highest BCUT2D eigenvalue weighted by Crippen LogP contribution is 2.36. The zero-order valence-corrected chi connectivity index (χ0v) is 8.26. The molecule has 0 fully saturated rings. The zero-order valence-electron chi connectivity index (χ0n) is 6.75. The third-order valence-electron chi connectivity index (χ3n) is 1.47. The average molecular weight is 266 g/mol. The fourth-order valence-corrected chi connectivity index (χ4v) is 1.20. The van der Waals surface area contributed by atoms with E-state index in [0.717, 1.165) is 0 Å². The van der Waals surface area contributed by atoms with Crippen LogP contribution in [0.15, 0.2) is 6.07 Å². The van der Waals surface area contributed by atoms with E-state index in [0.29, 0.717) is 0 Å². The van der Waals surface area contributed by atoms with Gasteiger partial charge in [0.1, 0.15) is 10.8 Å². The summed E-state index contributed by atoms with van der Waals surface area (Å²) in [6.45, 7) is 0. The van der Waals surface area contributed by atoms with E-state index in [2.05, 4.69) is 4.98 Å². The highest BCUT2D eigenvalue weighted by molar-refractivity contribution is 6.41. The summed E-state index contributed by atoms with van der Waals surface area (Å²) < 4.78 is 60.9. The highest BCUT2D eigenvalue weighted by Gasteiger charge is 2.35. The lowest BCUT2D eigenvalue weighted by molar-refractivity contribution is -0.141. The maximum Gasteiger partial charge on any atom is 0.433 e. The van der Waals surface area contributed by atoms with Crippen molar-refractivity contribution in [1.29, 1.82) is 0 Å². The molecule has 1 nitrogen and oxygen atoms in total. The van der Waals surface area contributed by atoms with Gasteiger partial charge in [0.15, 0.2) is 0 Å². The molecule has 0 aliphatic rings. The van der Waals surface area contributed by atoms with Crippen LogP contribution in [0.4, 0.5) is 22.0 Å². The third kappa shape index (κ3) is 2.69. The topological polar surface area (TPSA) is 12.9 Å². The second kappa shape index (κ2) is 4.09. The summed E-state index contributed by atoms with van der Waals surface area (Å²) in [7, 11) is 0. The normalized spacial score (nSPS) is 12.3. The van der Waals surface area contributed by atoms with Crippen molar-refractivity contribution in [3.05, 3.63) is 27.5 Å². The van der Waals surface area contributed by atoms with E-state index in [4.69, 9.17) is 23.2 Å². The molecule has 0 aliphatic carbocycles. The molecule has 0 bridgehead atoms. The number of pyridine rings is 1. The third-order valence-corrected chi connectivity index (χ3v) is 2.24. The summed E-state index contributed by atoms with van der Waals surface area (Å²) in [6, 6.07) is 0.179. The van der Waals surface area contributed by atoms with Crippen molar-refractivity contribution in [2.45, 2.75) is 12.6 Å². The number of rotatable bonds is 1. The van der Waals surface area contributed by atoms with Crippen LogP contribution < -0.4 is 0 Å². The van der Waals surface area contributed by atoms with Crippen molar-refractivity contribution in [2.75, 3.05) is 0 Å². The first kappa shape index (κ1) is 12.4. The molecule has 0 radical (unpaired) electrons. The number of halogens is 7. The summed E-state index contributed by atoms with van der Waals surface area (Å²) in [5, 5.41) is -1.46. The molecule has 8 heteroatoms. The molecular formula is C7H2Cl2F5N. The Morgan fingerprint density at radius 1 is 1.20 bits per heavy atom. The quantitative estimate of drug-likeness (QED) is 0.544. The molecule has 0 aliphatic heterocycles. The summed E-state index contributed by atoms with van der Waals surface area (Å²) >= 11 is 10.5. The van der Waals surface area contributed by atoms with E-state index >= 15 is 0 Å². The van der Waals surface area contributed by atoms with Crippen molar-refractivity contribution >= 4 is 23.2 Å². The lowest BCUT2D eigenvalue weighted by Gasteiger charge is -2.10. The molecular weight excluding hydrogens is 264 g/mol. The van der Waals surface area contributed by atoms with Crippen LogP contribution in [0.1, 0.15) is 17.7 Å². The minimum absolute atomic E-state index is 0.179. The molecule has 0 saturated carbocycles. The Hall–Kier alpha value is -0.620. The van der Waals surface area contributed by atoms with Gasteiger partial charge in [0.05, 0.1) is 5.02 Å². The fourth-order valence-electron chi connectivity index (χ4n) is 0.821. The molecule has 0 amide bonds. The predicted molar refractivity (Wildman–Crippen MR) is 44.2 cm³/mol. The molecule has 1 aromatic heterocycles. The van der Waals surface area contributed by atoms with Gasteiger partial charge in [-0.15, -0.1) is 0 Å². The second-order valence-electron chi connectivity index (χ2n) is 2.50. The van der Waals surface area contributed by atoms with Gasteiger partial charge >= 0.3 is 6.18 Å². The minimum Gasteiger partial charge on any atom is -0.230 e. The van der Waals surface area contributed by atoms with E-state index < -0.39 is 34.0 Å². The van der Waals surface area contributed by atoms with Gasteiger partial charge in [-0.05, 0) is 6.07 Å². The van der Waals surface area contributed by atoms with Gasteiger partial charge in [-0.2, -0.15) is 13.2 Å². The smallest absolute Gasteiger partial charge is 0.230 e. The van der Waals surface area contributed by atoms with Crippen molar-refractivity contribution in [3.8, 4) is 0 Å². The number of aromatic nitrogens is 1. The van der Waals surface area contributed by atoms with Crippen LogP contribution >= 0.6 is 23.2 Å². The van der Waals surface area contributed by atoms with Gasteiger partial charge in [-0.3, -0.25) is 0 Å². The van der Waals surface area contributed by atoms with Gasteiger partial charge in [0, 0.05) is 5.56 Å². The average Bonchev–Trinajstić information content (AvgIpc) is 2.06. The number of nitrogens with zero attached hydrogens (tertiary/aromatic N) is 1. The Morgan fingerprint density at radius 3 is 2.13 bits per heavy atom. The summed E-state index contributed by atoms with van der Waals surface area (Å²) in [6.07, 6.45) is -7.98. The van der Waals surface area contributed by atoms with Crippen LogP contribution in [0, 0.1) is 0 Å². The number of alkyl halides is 5. The van der Waals surface area contributed by atoms with Crippen LogP contribution in [-0.2, 0) is 6.18 Å². The molecule has 15 heavy (non-hydrogen) atoms. The van der Waals surface area contributed by atoms with Crippen molar-refractivity contribution in [3.63, 3.8) is 0 Å². The molecule has 1 aromatic rings. The lowest BCUT2D eigenvalue weighted by atomic mass is 10.2. The van der Waals surface area contributed by atoms with E-state index in [1.807, 2.05) is 0 Å². The largest absolute Gasteiger partial charge is 0.433 e. The Balaban J connectivity index is 3.36. The molecule has 1 heterocycles. The monoisotopic (exact) mass is 265 g/mol. The number of hydrogen-bond donors (Lipinski definition) is 0. The molecule has 0 aromatic carbocycles. The fraction of sp³-hybridized carbons (Fsp3) is 0.286. The molecule has 84 valence electrons. The molecule has 0 spiro atoms. The summed E-state index contributed by atoms with van der Waals surface area (Å²) in [4.78, 5) is 2.86. The maximum atomic E-state index is 12.2. The molecule has 0 unspecified atom stereocenters. The van der Waals surface area contributed by atoms with Gasteiger partial charge in [-0.25, -0.2) is 13.8 Å². The first-order valence-electron chi connectivity index (χ1n) is 3.44. The summed E-state index contributed by atoms with van der Waals surface area (Å²) in [5.41, 5.74) is -2.48. The van der Waals surface area contributed by atoms with Crippen molar-refractivity contribution in [1.82, 2.24) is 4.98 Å². The molecule has 0 saturated heterocycles. The van der Waals surface area contributed by atoms with E-state index in [1.165, 1.54) is 0 Å². The van der Waals surface area contributed by atoms with Gasteiger partial charge in [-0.1, -0.05) is 23.2 Å². The van der Waals surface area contributed by atoms with E-state index in [9.17, 15) is 22.0 Å².